The van der Waals surface area contributed by atoms with Crippen LogP contribution in [0.15, 0.2) is 68.8 Å². The summed E-state index contributed by atoms with van der Waals surface area (Å²) in [7, 11) is -4.18. The van der Waals surface area contributed by atoms with Crippen molar-refractivity contribution in [1.82, 2.24) is 4.98 Å². The van der Waals surface area contributed by atoms with Crippen molar-refractivity contribution < 1.29 is 17.6 Å². The summed E-state index contributed by atoms with van der Waals surface area (Å²) in [5.41, 5.74) is 2.89. The minimum Gasteiger partial charge on any atom is -0.483 e. The number of rotatable bonds is 5. The quantitative estimate of drug-likeness (QED) is 0.402. The summed E-state index contributed by atoms with van der Waals surface area (Å²) in [4.78, 5) is 17.0. The third kappa shape index (κ3) is 4.50. The largest absolute Gasteiger partial charge is 0.483 e. The van der Waals surface area contributed by atoms with Gasteiger partial charge in [0, 0.05) is 16.7 Å². The Morgan fingerprint density at radius 1 is 1.09 bits per heavy atom. The normalized spacial score (nSPS) is 12.6. The van der Waals surface area contributed by atoms with Gasteiger partial charge in [-0.3, -0.25) is 4.79 Å². The molecule has 0 unspecified atom stereocenters. The van der Waals surface area contributed by atoms with E-state index in [0.29, 0.717) is 27.9 Å². The number of nitrogens with zero attached hydrogens (tertiary/aromatic N) is 1. The van der Waals surface area contributed by atoms with Crippen LogP contribution in [0.25, 0.3) is 22.3 Å². The lowest BCUT2D eigenvalue weighted by Gasteiger charge is -2.19. The van der Waals surface area contributed by atoms with E-state index in [9.17, 15) is 13.2 Å². The molecule has 2 aromatic heterocycles. The first-order valence-corrected chi connectivity index (χ1v) is 12.0. The first-order chi connectivity index (χ1) is 15.6. The molecule has 0 spiro atoms. The standard InChI is InChI=1S/C24H21ClN2O5S/c1-13-11-17(15(3)31-19-9-10-20(25)27-24(19)33(26,29)30)23-18(12-13)21(28)14(2)22(32-23)16-7-5-4-6-8-16/h4-12,15H,1-3H3,(H2,26,29,30)/t15-/m1/s1. The first-order valence-electron chi connectivity index (χ1n) is 10.1. The van der Waals surface area contributed by atoms with Gasteiger partial charge in [0.25, 0.3) is 10.0 Å². The van der Waals surface area contributed by atoms with Crippen LogP contribution >= 0.6 is 11.6 Å². The average Bonchev–Trinajstić information content (AvgIpc) is 2.77. The smallest absolute Gasteiger partial charge is 0.259 e. The fourth-order valence-corrected chi connectivity index (χ4v) is 4.51. The van der Waals surface area contributed by atoms with Crippen LogP contribution in [-0.4, -0.2) is 13.4 Å². The Morgan fingerprint density at radius 3 is 2.45 bits per heavy atom. The Bertz CT molecular complexity index is 1530. The lowest BCUT2D eigenvalue weighted by Crippen LogP contribution is -2.17. The van der Waals surface area contributed by atoms with Crippen LogP contribution in [0.2, 0.25) is 5.15 Å². The van der Waals surface area contributed by atoms with Gasteiger partial charge in [-0.25, -0.2) is 18.5 Å². The van der Waals surface area contributed by atoms with E-state index in [0.717, 1.165) is 11.1 Å². The highest BCUT2D eigenvalue weighted by molar-refractivity contribution is 7.89. The lowest BCUT2D eigenvalue weighted by molar-refractivity contribution is 0.219. The predicted octanol–water partition coefficient (Wildman–Crippen LogP) is 4.91. The summed E-state index contributed by atoms with van der Waals surface area (Å²) in [6, 6.07) is 15.7. The van der Waals surface area contributed by atoms with Crippen molar-refractivity contribution in [2.75, 3.05) is 0 Å². The maximum absolute atomic E-state index is 13.2. The Morgan fingerprint density at radius 2 is 1.79 bits per heavy atom. The molecule has 1 atom stereocenters. The molecule has 33 heavy (non-hydrogen) atoms. The summed E-state index contributed by atoms with van der Waals surface area (Å²) in [6.45, 7) is 5.31. The van der Waals surface area contributed by atoms with Crippen molar-refractivity contribution in [3.63, 3.8) is 0 Å². The molecule has 0 amide bonds. The Hall–Kier alpha value is -3.20. The number of hydrogen-bond donors (Lipinski definition) is 1. The van der Waals surface area contributed by atoms with Gasteiger partial charge in [-0.15, -0.1) is 0 Å². The van der Waals surface area contributed by atoms with Crippen molar-refractivity contribution in [3.8, 4) is 17.1 Å². The monoisotopic (exact) mass is 484 g/mol. The maximum atomic E-state index is 13.2. The number of pyridine rings is 1. The van der Waals surface area contributed by atoms with Gasteiger partial charge in [-0.05, 0) is 50.6 Å². The van der Waals surface area contributed by atoms with E-state index in [1.807, 2.05) is 43.3 Å². The molecular weight excluding hydrogens is 464 g/mol. The second-order valence-electron chi connectivity index (χ2n) is 7.72. The molecule has 7 nitrogen and oxygen atoms in total. The summed E-state index contributed by atoms with van der Waals surface area (Å²) in [6.07, 6.45) is -0.703. The van der Waals surface area contributed by atoms with Gasteiger partial charge in [0.05, 0.1) is 5.39 Å². The molecule has 4 aromatic rings. The number of aryl methyl sites for hydroxylation is 1. The molecular formula is C24H21ClN2O5S. The van der Waals surface area contributed by atoms with Gasteiger partial charge < -0.3 is 9.15 Å². The van der Waals surface area contributed by atoms with E-state index >= 15 is 0 Å². The lowest BCUT2D eigenvalue weighted by atomic mass is 10.00. The average molecular weight is 485 g/mol. The number of primary sulfonamides is 1. The van der Waals surface area contributed by atoms with Crippen molar-refractivity contribution in [2.24, 2.45) is 5.14 Å². The van der Waals surface area contributed by atoms with Crippen molar-refractivity contribution >= 4 is 32.6 Å². The highest BCUT2D eigenvalue weighted by Crippen LogP contribution is 2.34. The number of halogens is 1. The Balaban J connectivity index is 1.90. The van der Waals surface area contributed by atoms with Gasteiger partial charge in [0.15, 0.2) is 11.2 Å². The van der Waals surface area contributed by atoms with Gasteiger partial charge in [0.2, 0.25) is 5.03 Å². The van der Waals surface area contributed by atoms with Gasteiger partial charge in [0.1, 0.15) is 22.6 Å². The number of ether oxygens (including phenoxy) is 1. The second-order valence-corrected chi connectivity index (χ2v) is 9.59. The molecule has 2 N–H and O–H groups in total. The number of benzene rings is 2. The van der Waals surface area contributed by atoms with Crippen LogP contribution in [0.1, 0.15) is 29.7 Å². The minimum atomic E-state index is -4.18. The van der Waals surface area contributed by atoms with Crippen LogP contribution in [0.3, 0.4) is 0 Å². The number of aromatic nitrogens is 1. The number of hydrogen-bond acceptors (Lipinski definition) is 6. The van der Waals surface area contributed by atoms with Crippen LogP contribution in [-0.2, 0) is 10.0 Å². The molecule has 0 bridgehead atoms. The molecule has 2 heterocycles. The molecule has 0 saturated carbocycles. The zero-order valence-electron chi connectivity index (χ0n) is 18.1. The summed E-state index contributed by atoms with van der Waals surface area (Å²) >= 11 is 5.85. The summed E-state index contributed by atoms with van der Waals surface area (Å²) < 4.78 is 36.2. The molecule has 4 rings (SSSR count). The fraction of sp³-hybridized carbons (Fsp3) is 0.167. The minimum absolute atomic E-state index is 0.0333. The SMILES string of the molecule is Cc1cc([C@@H](C)Oc2ccc(Cl)nc2S(N)(=O)=O)c2oc(-c3ccccc3)c(C)c(=O)c2c1. The van der Waals surface area contributed by atoms with E-state index in [4.69, 9.17) is 25.9 Å². The number of nitrogens with two attached hydrogens (primary N) is 1. The van der Waals surface area contributed by atoms with Crippen LogP contribution in [0.5, 0.6) is 5.75 Å². The van der Waals surface area contributed by atoms with Crippen molar-refractivity contribution in [3.05, 3.63) is 86.7 Å². The Labute approximate surface area is 195 Å². The van der Waals surface area contributed by atoms with E-state index in [1.165, 1.54) is 12.1 Å². The molecule has 0 aliphatic carbocycles. The zero-order chi connectivity index (χ0) is 23.9. The van der Waals surface area contributed by atoms with E-state index in [-0.39, 0.29) is 16.3 Å². The molecule has 170 valence electrons. The van der Waals surface area contributed by atoms with Crippen LogP contribution in [0.4, 0.5) is 0 Å². The topological polar surface area (TPSA) is 112 Å². The number of fused-ring (bicyclic) bond motifs is 1. The van der Waals surface area contributed by atoms with Crippen molar-refractivity contribution in [1.29, 1.82) is 0 Å². The van der Waals surface area contributed by atoms with Crippen LogP contribution in [0, 0.1) is 13.8 Å². The number of sulfonamides is 1. The molecule has 2 aromatic carbocycles. The summed E-state index contributed by atoms with van der Waals surface area (Å²) in [5.74, 6) is 0.408. The third-order valence-corrected chi connectivity index (χ3v) is 6.27. The van der Waals surface area contributed by atoms with Gasteiger partial charge >= 0.3 is 0 Å². The molecule has 0 saturated heterocycles. The zero-order valence-corrected chi connectivity index (χ0v) is 19.7. The van der Waals surface area contributed by atoms with E-state index in [2.05, 4.69) is 4.98 Å². The van der Waals surface area contributed by atoms with Gasteiger partial charge in [-0.1, -0.05) is 41.9 Å². The molecule has 0 aliphatic heterocycles. The molecule has 0 fully saturated rings. The third-order valence-electron chi connectivity index (χ3n) is 5.23. The second kappa shape index (κ2) is 8.62. The van der Waals surface area contributed by atoms with E-state index in [1.54, 1.807) is 19.9 Å². The fourth-order valence-electron chi connectivity index (χ4n) is 3.69. The van der Waals surface area contributed by atoms with Gasteiger partial charge in [-0.2, -0.15) is 0 Å². The molecule has 9 heteroatoms. The van der Waals surface area contributed by atoms with E-state index < -0.39 is 21.2 Å². The maximum Gasteiger partial charge on any atom is 0.259 e. The highest BCUT2D eigenvalue weighted by atomic mass is 35.5. The Kier molecular flexibility index (Phi) is 6.00. The summed E-state index contributed by atoms with van der Waals surface area (Å²) in [5, 5.41) is 5.20. The van der Waals surface area contributed by atoms with Crippen molar-refractivity contribution in [2.45, 2.75) is 31.9 Å². The molecule has 0 aliphatic rings. The predicted molar refractivity (Wildman–Crippen MR) is 127 cm³/mol. The highest BCUT2D eigenvalue weighted by Gasteiger charge is 2.23. The molecule has 0 radical (unpaired) electrons. The first kappa shape index (κ1) is 23.0. The van der Waals surface area contributed by atoms with Crippen LogP contribution < -0.4 is 15.3 Å².